The van der Waals surface area contributed by atoms with E-state index in [9.17, 15) is 9.59 Å². The number of nitrogens with one attached hydrogen (secondary N) is 1. The highest BCUT2D eigenvalue weighted by Crippen LogP contribution is 2.32. The lowest BCUT2D eigenvalue weighted by molar-refractivity contribution is 0.0940. The van der Waals surface area contributed by atoms with Crippen molar-refractivity contribution in [3.63, 3.8) is 0 Å². The minimum atomic E-state index is -0.374. The molecule has 7 nitrogen and oxygen atoms in total. The van der Waals surface area contributed by atoms with E-state index in [4.69, 9.17) is 15.2 Å². The Morgan fingerprint density at radius 1 is 1.32 bits per heavy atom. The maximum absolute atomic E-state index is 12.3. The number of rotatable bonds is 2. The molecule has 98 valence electrons. The van der Waals surface area contributed by atoms with E-state index in [-0.39, 0.29) is 24.8 Å². The molecule has 1 aliphatic rings. The fraction of sp³-hybridized carbons (Fsp3) is 0.167. The largest absolute Gasteiger partial charge is 0.454 e. The number of H-pyrrole nitrogens is 1. The van der Waals surface area contributed by atoms with Crippen LogP contribution in [0.2, 0.25) is 0 Å². The molecule has 2 heterocycles. The zero-order valence-electron chi connectivity index (χ0n) is 9.88. The molecule has 0 amide bonds. The van der Waals surface area contributed by atoms with Gasteiger partial charge in [-0.1, -0.05) is 0 Å². The molecule has 2 aromatic rings. The second-order valence-electron chi connectivity index (χ2n) is 4.02. The second kappa shape index (κ2) is 4.29. The van der Waals surface area contributed by atoms with Crippen LogP contribution in [0.4, 0.5) is 0 Å². The minimum Gasteiger partial charge on any atom is -0.454 e. The smallest absolute Gasteiger partial charge is 0.276 e. The number of benzene rings is 1. The maximum Gasteiger partial charge on any atom is 0.276 e. The lowest BCUT2D eigenvalue weighted by atomic mass is 10.2. The van der Waals surface area contributed by atoms with Crippen LogP contribution < -0.4 is 20.8 Å². The Morgan fingerprint density at radius 2 is 2.11 bits per heavy atom. The van der Waals surface area contributed by atoms with Crippen molar-refractivity contribution in [3.05, 3.63) is 45.9 Å². The van der Waals surface area contributed by atoms with Crippen LogP contribution in [0.3, 0.4) is 0 Å². The molecular formula is C12H11N3O4. The SMILES string of the molecule is NCc1cc(=O)[nH]n1C(=O)c1ccc2c(c1)OCO2. The maximum atomic E-state index is 12.3. The first-order valence-corrected chi connectivity index (χ1v) is 5.64. The van der Waals surface area contributed by atoms with E-state index in [2.05, 4.69) is 5.10 Å². The monoisotopic (exact) mass is 261 g/mol. The summed E-state index contributed by atoms with van der Waals surface area (Å²) in [7, 11) is 0. The van der Waals surface area contributed by atoms with Crippen molar-refractivity contribution in [1.82, 2.24) is 9.78 Å². The van der Waals surface area contributed by atoms with Gasteiger partial charge in [0, 0.05) is 18.2 Å². The Labute approximate surface area is 107 Å². The summed E-state index contributed by atoms with van der Waals surface area (Å²) in [6, 6.07) is 6.13. The van der Waals surface area contributed by atoms with E-state index in [1.807, 2.05) is 0 Å². The molecule has 0 fully saturated rings. The quantitative estimate of drug-likeness (QED) is 0.795. The third-order valence-corrected chi connectivity index (χ3v) is 2.84. The molecule has 7 heteroatoms. The highest BCUT2D eigenvalue weighted by Gasteiger charge is 2.18. The van der Waals surface area contributed by atoms with Crippen molar-refractivity contribution in [2.45, 2.75) is 6.54 Å². The summed E-state index contributed by atoms with van der Waals surface area (Å²) in [5, 5.41) is 2.42. The van der Waals surface area contributed by atoms with Gasteiger partial charge < -0.3 is 15.2 Å². The van der Waals surface area contributed by atoms with Crippen LogP contribution in [0.25, 0.3) is 0 Å². The summed E-state index contributed by atoms with van der Waals surface area (Å²) in [6.45, 7) is 0.233. The van der Waals surface area contributed by atoms with Gasteiger partial charge in [-0.15, -0.1) is 0 Å². The van der Waals surface area contributed by atoms with Gasteiger partial charge in [-0.25, -0.2) is 4.68 Å². The molecule has 0 atom stereocenters. The highest BCUT2D eigenvalue weighted by atomic mass is 16.7. The topological polar surface area (TPSA) is 99.3 Å². The number of aromatic amines is 1. The number of hydrogen-bond donors (Lipinski definition) is 2. The molecule has 1 aromatic heterocycles. The van der Waals surface area contributed by atoms with Gasteiger partial charge >= 0.3 is 0 Å². The Hall–Kier alpha value is -2.54. The summed E-state index contributed by atoms with van der Waals surface area (Å²) < 4.78 is 11.5. The van der Waals surface area contributed by atoms with Crippen LogP contribution in [0.5, 0.6) is 11.5 Å². The third-order valence-electron chi connectivity index (χ3n) is 2.84. The molecule has 0 bridgehead atoms. The van der Waals surface area contributed by atoms with Crippen LogP contribution in [0.1, 0.15) is 16.1 Å². The highest BCUT2D eigenvalue weighted by molar-refractivity contribution is 5.96. The van der Waals surface area contributed by atoms with E-state index in [1.165, 1.54) is 6.07 Å². The van der Waals surface area contributed by atoms with E-state index in [0.29, 0.717) is 22.8 Å². The third kappa shape index (κ3) is 1.89. The predicted molar refractivity (Wildman–Crippen MR) is 65.2 cm³/mol. The number of ether oxygens (including phenoxy) is 2. The number of aromatic nitrogens is 2. The summed E-state index contributed by atoms with van der Waals surface area (Å²) in [6.07, 6.45) is 0. The van der Waals surface area contributed by atoms with Gasteiger partial charge in [-0.3, -0.25) is 14.7 Å². The number of carbonyl (C=O) groups is 1. The summed E-state index contributed by atoms with van der Waals surface area (Å²) in [5.74, 6) is 0.729. The number of hydrogen-bond acceptors (Lipinski definition) is 5. The fourth-order valence-corrected chi connectivity index (χ4v) is 1.92. The van der Waals surface area contributed by atoms with Gasteiger partial charge in [0.05, 0.1) is 5.69 Å². The van der Waals surface area contributed by atoms with Crippen molar-refractivity contribution in [2.75, 3.05) is 6.79 Å². The van der Waals surface area contributed by atoms with Crippen LogP contribution in [-0.4, -0.2) is 22.5 Å². The van der Waals surface area contributed by atoms with E-state index >= 15 is 0 Å². The fourth-order valence-electron chi connectivity index (χ4n) is 1.92. The molecule has 0 unspecified atom stereocenters. The average Bonchev–Trinajstić information content (AvgIpc) is 3.02. The van der Waals surface area contributed by atoms with Gasteiger partial charge in [-0.2, -0.15) is 0 Å². The molecular weight excluding hydrogens is 250 g/mol. The van der Waals surface area contributed by atoms with Crippen LogP contribution in [0, 0.1) is 0 Å². The van der Waals surface area contributed by atoms with E-state index in [0.717, 1.165) is 4.68 Å². The van der Waals surface area contributed by atoms with Crippen molar-refractivity contribution in [2.24, 2.45) is 5.73 Å². The van der Waals surface area contributed by atoms with Crippen LogP contribution in [0.15, 0.2) is 29.1 Å². The minimum absolute atomic E-state index is 0.0923. The molecule has 19 heavy (non-hydrogen) atoms. The van der Waals surface area contributed by atoms with E-state index in [1.54, 1.807) is 18.2 Å². The van der Waals surface area contributed by atoms with Crippen LogP contribution >= 0.6 is 0 Å². The lowest BCUT2D eigenvalue weighted by Crippen LogP contribution is -2.19. The average molecular weight is 261 g/mol. The zero-order chi connectivity index (χ0) is 13.4. The van der Waals surface area contributed by atoms with Gasteiger partial charge in [-0.05, 0) is 18.2 Å². The van der Waals surface area contributed by atoms with Crippen molar-refractivity contribution < 1.29 is 14.3 Å². The number of fused-ring (bicyclic) bond motifs is 1. The molecule has 0 spiro atoms. The molecule has 3 rings (SSSR count). The summed E-state index contributed by atoms with van der Waals surface area (Å²) in [5.41, 5.74) is 5.93. The number of nitrogens with two attached hydrogens (primary N) is 1. The van der Waals surface area contributed by atoms with Gasteiger partial charge in [0.1, 0.15) is 0 Å². The predicted octanol–water partition coefficient (Wildman–Crippen LogP) is 0.0523. The van der Waals surface area contributed by atoms with Crippen LogP contribution in [-0.2, 0) is 6.54 Å². The van der Waals surface area contributed by atoms with Gasteiger partial charge in [0.15, 0.2) is 11.5 Å². The standard InChI is InChI=1S/C12H11N3O4/c13-5-8-4-11(16)14-15(8)12(17)7-1-2-9-10(3-7)19-6-18-9/h1-4H,5-6,13H2,(H,14,16). The van der Waals surface area contributed by atoms with Gasteiger partial charge in [0.2, 0.25) is 6.79 Å². The van der Waals surface area contributed by atoms with Crippen molar-refractivity contribution in [1.29, 1.82) is 0 Å². The Morgan fingerprint density at radius 3 is 2.89 bits per heavy atom. The number of carbonyl (C=O) groups excluding carboxylic acids is 1. The normalized spacial score (nSPS) is 12.7. The first-order chi connectivity index (χ1) is 9.19. The number of nitrogens with zero attached hydrogens (tertiary/aromatic N) is 1. The molecule has 3 N–H and O–H groups in total. The molecule has 0 saturated heterocycles. The molecule has 1 aliphatic heterocycles. The second-order valence-corrected chi connectivity index (χ2v) is 4.02. The van der Waals surface area contributed by atoms with Crippen molar-refractivity contribution >= 4 is 5.91 Å². The lowest BCUT2D eigenvalue weighted by Gasteiger charge is -2.06. The summed E-state index contributed by atoms with van der Waals surface area (Å²) in [4.78, 5) is 23.5. The zero-order valence-corrected chi connectivity index (χ0v) is 9.88. The molecule has 0 radical (unpaired) electrons. The Kier molecular flexibility index (Phi) is 2.60. The van der Waals surface area contributed by atoms with E-state index < -0.39 is 0 Å². The van der Waals surface area contributed by atoms with Gasteiger partial charge in [0.25, 0.3) is 11.5 Å². The van der Waals surface area contributed by atoms with Crippen molar-refractivity contribution in [3.8, 4) is 11.5 Å². The molecule has 0 aliphatic carbocycles. The first kappa shape index (κ1) is 11.5. The molecule has 1 aromatic carbocycles. The summed E-state index contributed by atoms with van der Waals surface area (Å²) >= 11 is 0. The first-order valence-electron chi connectivity index (χ1n) is 5.64. The molecule has 0 saturated carbocycles. The Balaban J connectivity index is 2.02. The Bertz CT molecular complexity index is 701.